The summed E-state index contributed by atoms with van der Waals surface area (Å²) in [4.78, 5) is 14.3. The maximum atomic E-state index is 4.76. The van der Waals surface area contributed by atoms with Gasteiger partial charge in [0.25, 0.3) is 0 Å². The Bertz CT molecular complexity index is 1170. The molecular weight excluding hydrogens is 438 g/mol. The largest absolute Gasteiger partial charge is 0.258 e. The van der Waals surface area contributed by atoms with Crippen LogP contribution in [0.4, 0.5) is 0 Å². The molecule has 0 saturated heterocycles. The summed E-state index contributed by atoms with van der Waals surface area (Å²) in [5.41, 5.74) is 15.6. The monoisotopic (exact) mass is 477 g/mol. The van der Waals surface area contributed by atoms with Crippen LogP contribution in [0.2, 0.25) is 0 Å². The minimum absolute atomic E-state index is 0.962. The Kier molecular flexibility index (Phi) is 8.30. The lowest BCUT2D eigenvalue weighted by Crippen LogP contribution is -2.11. The normalized spacial score (nSPS) is 11.2. The number of hydrogen-bond donors (Lipinski definition) is 0. The third-order valence-corrected chi connectivity index (χ3v) is 7.45. The SMILES string of the molecule is Cc1cccc(CCc2c(C)c(CCc3cccc(C)n3)c(C)c(CCc3cccc(C)n3)c2C)n1. The van der Waals surface area contributed by atoms with E-state index in [0.717, 1.165) is 55.6 Å². The van der Waals surface area contributed by atoms with Gasteiger partial charge in [0.1, 0.15) is 0 Å². The first-order valence-corrected chi connectivity index (χ1v) is 13.2. The van der Waals surface area contributed by atoms with Crippen molar-refractivity contribution < 1.29 is 0 Å². The first kappa shape index (κ1) is 25.8. The fourth-order valence-electron chi connectivity index (χ4n) is 5.49. The molecule has 36 heavy (non-hydrogen) atoms. The van der Waals surface area contributed by atoms with E-state index < -0.39 is 0 Å². The Morgan fingerprint density at radius 2 is 0.667 bits per heavy atom. The van der Waals surface area contributed by atoms with E-state index in [1.165, 1.54) is 50.5 Å². The van der Waals surface area contributed by atoms with E-state index in [-0.39, 0.29) is 0 Å². The van der Waals surface area contributed by atoms with Crippen molar-refractivity contribution in [2.45, 2.75) is 80.1 Å². The van der Waals surface area contributed by atoms with Gasteiger partial charge in [0.05, 0.1) is 0 Å². The highest BCUT2D eigenvalue weighted by atomic mass is 14.7. The summed E-state index contributed by atoms with van der Waals surface area (Å²) in [6.07, 6.45) is 5.93. The molecule has 0 radical (unpaired) electrons. The van der Waals surface area contributed by atoms with Crippen LogP contribution in [0.5, 0.6) is 0 Å². The van der Waals surface area contributed by atoms with E-state index in [0.29, 0.717) is 0 Å². The molecule has 0 atom stereocenters. The van der Waals surface area contributed by atoms with Crippen molar-refractivity contribution in [3.63, 3.8) is 0 Å². The summed E-state index contributed by atoms with van der Waals surface area (Å²) in [5, 5.41) is 0. The molecule has 0 fully saturated rings. The smallest absolute Gasteiger partial charge is 0.0410 e. The van der Waals surface area contributed by atoms with Gasteiger partial charge in [-0.05, 0) is 150 Å². The fraction of sp³-hybridized carbons (Fsp3) is 0.364. The summed E-state index contributed by atoms with van der Waals surface area (Å²) < 4.78 is 0. The van der Waals surface area contributed by atoms with Crippen LogP contribution in [0.1, 0.15) is 67.5 Å². The second-order valence-corrected chi connectivity index (χ2v) is 10.1. The van der Waals surface area contributed by atoms with Gasteiger partial charge < -0.3 is 0 Å². The van der Waals surface area contributed by atoms with E-state index >= 15 is 0 Å². The van der Waals surface area contributed by atoms with Gasteiger partial charge in [-0.15, -0.1) is 0 Å². The molecule has 0 saturated carbocycles. The van der Waals surface area contributed by atoms with Crippen molar-refractivity contribution in [2.75, 3.05) is 0 Å². The molecule has 0 aliphatic rings. The van der Waals surface area contributed by atoms with Crippen LogP contribution < -0.4 is 0 Å². The van der Waals surface area contributed by atoms with Gasteiger partial charge in [0.2, 0.25) is 0 Å². The van der Waals surface area contributed by atoms with E-state index in [1.807, 2.05) is 0 Å². The second-order valence-electron chi connectivity index (χ2n) is 10.1. The maximum absolute atomic E-state index is 4.76. The topological polar surface area (TPSA) is 38.7 Å². The van der Waals surface area contributed by atoms with E-state index in [2.05, 4.69) is 96.1 Å². The highest BCUT2D eigenvalue weighted by molar-refractivity contribution is 5.51. The number of nitrogens with zero attached hydrogens (tertiary/aromatic N) is 3. The zero-order chi connectivity index (χ0) is 25.7. The Morgan fingerprint density at radius 3 is 0.917 bits per heavy atom. The molecule has 0 unspecified atom stereocenters. The van der Waals surface area contributed by atoms with E-state index in [1.54, 1.807) is 0 Å². The van der Waals surface area contributed by atoms with Crippen LogP contribution in [-0.4, -0.2) is 15.0 Å². The zero-order valence-corrected chi connectivity index (χ0v) is 22.8. The number of aryl methyl sites for hydroxylation is 6. The molecule has 0 bridgehead atoms. The van der Waals surface area contributed by atoms with Gasteiger partial charge in [0.15, 0.2) is 0 Å². The van der Waals surface area contributed by atoms with Gasteiger partial charge >= 0.3 is 0 Å². The summed E-state index contributed by atoms with van der Waals surface area (Å²) in [6.45, 7) is 13.2. The van der Waals surface area contributed by atoms with E-state index in [4.69, 9.17) is 15.0 Å². The summed E-state index contributed by atoms with van der Waals surface area (Å²) in [5.74, 6) is 0. The van der Waals surface area contributed by atoms with Gasteiger partial charge in [-0.2, -0.15) is 0 Å². The Morgan fingerprint density at radius 1 is 0.389 bits per heavy atom. The van der Waals surface area contributed by atoms with Crippen LogP contribution >= 0.6 is 0 Å². The van der Waals surface area contributed by atoms with Crippen LogP contribution in [0.25, 0.3) is 0 Å². The van der Waals surface area contributed by atoms with E-state index in [9.17, 15) is 0 Å². The zero-order valence-electron chi connectivity index (χ0n) is 22.8. The summed E-state index contributed by atoms with van der Waals surface area (Å²) in [6, 6.07) is 19.0. The minimum atomic E-state index is 0.962. The van der Waals surface area contributed by atoms with Crippen molar-refractivity contribution in [3.8, 4) is 0 Å². The first-order valence-electron chi connectivity index (χ1n) is 13.2. The molecule has 0 aliphatic heterocycles. The van der Waals surface area contributed by atoms with Crippen molar-refractivity contribution in [1.29, 1.82) is 0 Å². The number of pyridine rings is 3. The molecule has 3 nitrogen and oxygen atoms in total. The lowest BCUT2D eigenvalue weighted by molar-refractivity contribution is 0.831. The molecule has 4 aromatic rings. The summed E-state index contributed by atoms with van der Waals surface area (Å²) >= 11 is 0. The van der Waals surface area contributed by atoms with Crippen molar-refractivity contribution in [1.82, 2.24) is 15.0 Å². The predicted molar refractivity (Wildman–Crippen MR) is 150 cm³/mol. The summed E-state index contributed by atoms with van der Waals surface area (Å²) in [7, 11) is 0. The lowest BCUT2D eigenvalue weighted by Gasteiger charge is -2.23. The third kappa shape index (κ3) is 6.26. The number of rotatable bonds is 9. The first-order chi connectivity index (χ1) is 17.3. The highest BCUT2D eigenvalue weighted by Crippen LogP contribution is 2.30. The Balaban J connectivity index is 1.66. The van der Waals surface area contributed by atoms with Crippen LogP contribution in [0.3, 0.4) is 0 Å². The standard InChI is InChI=1S/C33H39N3/c1-22-10-7-13-28(34-22)16-19-31-25(4)32(20-17-29-14-8-11-23(2)35-29)27(6)33(26(31)5)21-18-30-15-9-12-24(3)36-30/h7-15H,16-21H2,1-6H3. The Hall–Kier alpha value is -3.33. The quantitative estimate of drug-likeness (QED) is 0.259. The minimum Gasteiger partial charge on any atom is -0.258 e. The fourth-order valence-corrected chi connectivity index (χ4v) is 5.49. The lowest BCUT2D eigenvalue weighted by atomic mass is 9.83. The molecule has 3 aromatic heterocycles. The number of aromatic nitrogens is 3. The van der Waals surface area contributed by atoms with Crippen molar-refractivity contribution in [2.24, 2.45) is 0 Å². The number of benzene rings is 1. The average Bonchev–Trinajstić information content (AvgIpc) is 2.84. The molecule has 0 aliphatic carbocycles. The van der Waals surface area contributed by atoms with Gasteiger partial charge in [-0.1, -0.05) is 18.2 Å². The second kappa shape index (κ2) is 11.6. The molecular formula is C33H39N3. The van der Waals surface area contributed by atoms with Crippen LogP contribution in [-0.2, 0) is 38.5 Å². The third-order valence-electron chi connectivity index (χ3n) is 7.45. The van der Waals surface area contributed by atoms with Crippen molar-refractivity contribution >= 4 is 0 Å². The van der Waals surface area contributed by atoms with Gasteiger partial charge in [-0.3, -0.25) is 15.0 Å². The molecule has 4 rings (SSSR count). The highest BCUT2D eigenvalue weighted by Gasteiger charge is 2.18. The maximum Gasteiger partial charge on any atom is 0.0410 e. The van der Waals surface area contributed by atoms with Crippen molar-refractivity contribution in [3.05, 3.63) is 122 Å². The molecule has 0 N–H and O–H groups in total. The number of hydrogen-bond acceptors (Lipinski definition) is 3. The molecule has 1 aromatic carbocycles. The molecule has 0 spiro atoms. The average molecular weight is 478 g/mol. The molecule has 186 valence electrons. The van der Waals surface area contributed by atoms with Gasteiger partial charge in [-0.25, -0.2) is 0 Å². The van der Waals surface area contributed by atoms with Gasteiger partial charge in [0, 0.05) is 34.2 Å². The molecule has 0 amide bonds. The molecule has 3 heterocycles. The van der Waals surface area contributed by atoms with Crippen LogP contribution in [0.15, 0.2) is 54.6 Å². The van der Waals surface area contributed by atoms with Crippen LogP contribution in [0, 0.1) is 41.5 Å². The molecule has 3 heteroatoms. The predicted octanol–water partition coefficient (Wildman–Crippen LogP) is 7.08. The Labute approximate surface area is 217 Å².